The van der Waals surface area contributed by atoms with E-state index in [1.54, 1.807) is 0 Å². The first kappa shape index (κ1) is 20.7. The average molecular weight is 432 g/mol. The molecule has 3 heterocycles. The van der Waals surface area contributed by atoms with E-state index in [4.69, 9.17) is 9.51 Å². The number of hydrogen-bond donors (Lipinski definition) is 1. The van der Waals surface area contributed by atoms with Gasteiger partial charge in [0.25, 0.3) is 0 Å². The highest BCUT2D eigenvalue weighted by Crippen LogP contribution is 2.43. The van der Waals surface area contributed by atoms with Crippen LogP contribution in [-0.4, -0.2) is 40.2 Å². The van der Waals surface area contributed by atoms with Crippen LogP contribution in [0.5, 0.6) is 0 Å². The molecule has 7 heteroatoms. The summed E-state index contributed by atoms with van der Waals surface area (Å²) in [4.78, 5) is 24.5. The summed E-state index contributed by atoms with van der Waals surface area (Å²) in [5.41, 5.74) is 3.93. The minimum absolute atomic E-state index is 0.0913. The van der Waals surface area contributed by atoms with Crippen LogP contribution in [0.3, 0.4) is 0 Å². The van der Waals surface area contributed by atoms with Crippen molar-refractivity contribution in [3.63, 3.8) is 0 Å². The smallest absolute Gasteiger partial charge is 0.227 e. The number of nitrogens with one attached hydrogen (secondary N) is 1. The maximum absolute atomic E-state index is 12.7. The Bertz CT molecular complexity index is 1080. The summed E-state index contributed by atoms with van der Waals surface area (Å²) in [5.74, 6) is 1.94. The Morgan fingerprint density at radius 2 is 1.91 bits per heavy atom. The van der Waals surface area contributed by atoms with Gasteiger partial charge in [-0.05, 0) is 45.1 Å². The van der Waals surface area contributed by atoms with Crippen LogP contribution in [0, 0.1) is 6.92 Å². The number of piperidine rings is 1. The monoisotopic (exact) mass is 431 g/mol. The van der Waals surface area contributed by atoms with Crippen molar-refractivity contribution in [1.29, 1.82) is 0 Å². The SMILES string of the molecule is Cc1cc(-c2cnc(N3CCC(NC(=O)C(C)c4ccccc4)CC3)nc2C2CC2)on1. The normalized spacial score (nSPS) is 17.9. The molecule has 166 valence electrons. The molecule has 0 spiro atoms. The number of nitrogens with zero attached hydrogens (tertiary/aromatic N) is 4. The number of carbonyl (C=O) groups excluding carboxylic acids is 1. The molecule has 32 heavy (non-hydrogen) atoms. The molecule has 1 saturated heterocycles. The number of rotatable bonds is 6. The van der Waals surface area contributed by atoms with Crippen molar-refractivity contribution in [2.75, 3.05) is 18.0 Å². The first-order chi connectivity index (χ1) is 15.6. The van der Waals surface area contributed by atoms with Gasteiger partial charge in [0, 0.05) is 37.3 Å². The molecule has 1 N–H and O–H groups in total. The molecule has 7 nitrogen and oxygen atoms in total. The maximum atomic E-state index is 12.7. The van der Waals surface area contributed by atoms with E-state index in [-0.39, 0.29) is 17.9 Å². The Balaban J connectivity index is 1.22. The Labute approximate surface area is 188 Å². The van der Waals surface area contributed by atoms with Gasteiger partial charge in [-0.2, -0.15) is 0 Å². The predicted octanol–water partition coefficient (Wildman–Crippen LogP) is 4.21. The maximum Gasteiger partial charge on any atom is 0.227 e. The van der Waals surface area contributed by atoms with Crippen molar-refractivity contribution in [2.45, 2.75) is 57.4 Å². The van der Waals surface area contributed by atoms with Gasteiger partial charge in [-0.3, -0.25) is 4.79 Å². The molecule has 2 fully saturated rings. The third kappa shape index (κ3) is 4.38. The van der Waals surface area contributed by atoms with Gasteiger partial charge in [0.05, 0.1) is 22.9 Å². The predicted molar refractivity (Wildman–Crippen MR) is 122 cm³/mol. The summed E-state index contributed by atoms with van der Waals surface area (Å²) < 4.78 is 5.47. The second-order valence-corrected chi connectivity index (χ2v) is 8.98. The number of aryl methyl sites for hydroxylation is 1. The number of aromatic nitrogens is 3. The fraction of sp³-hybridized carbons (Fsp3) is 0.440. The molecule has 1 aromatic carbocycles. The van der Waals surface area contributed by atoms with Crippen LogP contribution in [0.4, 0.5) is 5.95 Å². The first-order valence-electron chi connectivity index (χ1n) is 11.5. The molecule has 1 atom stereocenters. The fourth-order valence-corrected chi connectivity index (χ4v) is 4.33. The number of benzene rings is 1. The third-order valence-electron chi connectivity index (χ3n) is 6.48. The molecule has 1 aliphatic heterocycles. The summed E-state index contributed by atoms with van der Waals surface area (Å²) in [7, 11) is 0. The summed E-state index contributed by atoms with van der Waals surface area (Å²) in [6, 6.07) is 12.1. The lowest BCUT2D eigenvalue weighted by atomic mass is 9.98. The van der Waals surface area contributed by atoms with Gasteiger partial charge in [0.2, 0.25) is 11.9 Å². The Morgan fingerprint density at radius 1 is 1.16 bits per heavy atom. The van der Waals surface area contributed by atoms with Crippen molar-refractivity contribution in [1.82, 2.24) is 20.4 Å². The Hall–Kier alpha value is -3.22. The largest absolute Gasteiger partial charge is 0.356 e. The van der Waals surface area contributed by atoms with Crippen LogP contribution < -0.4 is 10.2 Å². The fourth-order valence-electron chi connectivity index (χ4n) is 4.33. The molecule has 1 unspecified atom stereocenters. The van der Waals surface area contributed by atoms with E-state index in [9.17, 15) is 4.79 Å². The van der Waals surface area contributed by atoms with Gasteiger partial charge < -0.3 is 14.7 Å². The average Bonchev–Trinajstić information content (AvgIpc) is 3.59. The molecule has 1 aliphatic carbocycles. The molecule has 2 aliphatic rings. The zero-order valence-corrected chi connectivity index (χ0v) is 18.6. The van der Waals surface area contributed by atoms with E-state index in [2.05, 4.69) is 20.4 Å². The second-order valence-electron chi connectivity index (χ2n) is 8.98. The summed E-state index contributed by atoms with van der Waals surface area (Å²) in [6.07, 6.45) is 5.97. The van der Waals surface area contributed by atoms with E-state index in [0.717, 1.165) is 73.0 Å². The van der Waals surface area contributed by atoms with Crippen molar-refractivity contribution in [2.24, 2.45) is 0 Å². The molecule has 5 rings (SSSR count). The lowest BCUT2D eigenvalue weighted by Gasteiger charge is -2.33. The quantitative estimate of drug-likeness (QED) is 0.630. The van der Waals surface area contributed by atoms with Crippen LogP contribution in [0.1, 0.15) is 61.4 Å². The standard InChI is InChI=1S/C25H29N5O2/c1-16-14-22(32-29-16)21-15-26-25(28-23(21)19-8-9-19)30-12-10-20(11-13-30)27-24(31)17(2)18-6-4-3-5-7-18/h3-7,14-15,17,19-20H,8-13H2,1-2H3,(H,27,31). The molecule has 1 saturated carbocycles. The summed E-state index contributed by atoms with van der Waals surface area (Å²) in [6.45, 7) is 5.54. The number of carbonyl (C=O) groups is 1. The highest BCUT2D eigenvalue weighted by atomic mass is 16.5. The van der Waals surface area contributed by atoms with Crippen molar-refractivity contribution in [3.05, 3.63) is 59.5 Å². The van der Waals surface area contributed by atoms with Gasteiger partial charge in [-0.25, -0.2) is 9.97 Å². The minimum Gasteiger partial charge on any atom is -0.356 e. The summed E-state index contributed by atoms with van der Waals surface area (Å²) >= 11 is 0. The van der Waals surface area contributed by atoms with Gasteiger partial charge in [0.15, 0.2) is 5.76 Å². The zero-order valence-electron chi connectivity index (χ0n) is 18.6. The molecule has 1 amide bonds. The first-order valence-corrected chi connectivity index (χ1v) is 11.5. The molecule has 3 aromatic rings. The van der Waals surface area contributed by atoms with E-state index in [1.165, 1.54) is 0 Å². The molecular weight excluding hydrogens is 402 g/mol. The topological polar surface area (TPSA) is 84.2 Å². The zero-order chi connectivity index (χ0) is 22.1. The van der Waals surface area contributed by atoms with Crippen LogP contribution in [-0.2, 0) is 4.79 Å². The van der Waals surface area contributed by atoms with E-state index >= 15 is 0 Å². The summed E-state index contributed by atoms with van der Waals surface area (Å²) in [5, 5.41) is 7.25. The highest BCUT2D eigenvalue weighted by Gasteiger charge is 2.31. The van der Waals surface area contributed by atoms with E-state index in [0.29, 0.717) is 5.92 Å². The number of hydrogen-bond acceptors (Lipinski definition) is 6. The molecular formula is C25H29N5O2. The van der Waals surface area contributed by atoms with E-state index < -0.39 is 0 Å². The second kappa shape index (κ2) is 8.73. The Morgan fingerprint density at radius 3 is 2.56 bits per heavy atom. The number of amides is 1. The molecule has 0 radical (unpaired) electrons. The Kier molecular flexibility index (Phi) is 5.64. The van der Waals surface area contributed by atoms with Gasteiger partial charge in [-0.15, -0.1) is 0 Å². The lowest BCUT2D eigenvalue weighted by molar-refractivity contribution is -0.123. The lowest BCUT2D eigenvalue weighted by Crippen LogP contribution is -2.46. The van der Waals surface area contributed by atoms with E-state index in [1.807, 2.05) is 56.4 Å². The van der Waals surface area contributed by atoms with Gasteiger partial charge >= 0.3 is 0 Å². The van der Waals surface area contributed by atoms with Crippen LogP contribution >= 0.6 is 0 Å². The number of anilines is 1. The minimum atomic E-state index is -0.147. The van der Waals surface area contributed by atoms with Crippen LogP contribution in [0.15, 0.2) is 47.1 Å². The highest BCUT2D eigenvalue weighted by molar-refractivity contribution is 5.83. The molecule has 0 bridgehead atoms. The third-order valence-corrected chi connectivity index (χ3v) is 6.48. The van der Waals surface area contributed by atoms with Gasteiger partial charge in [0.1, 0.15) is 0 Å². The van der Waals surface area contributed by atoms with Crippen molar-refractivity contribution < 1.29 is 9.32 Å². The van der Waals surface area contributed by atoms with Crippen molar-refractivity contribution >= 4 is 11.9 Å². The van der Waals surface area contributed by atoms with Crippen molar-refractivity contribution in [3.8, 4) is 11.3 Å². The van der Waals surface area contributed by atoms with Crippen LogP contribution in [0.25, 0.3) is 11.3 Å². The molecule has 2 aromatic heterocycles. The van der Waals surface area contributed by atoms with Crippen LogP contribution in [0.2, 0.25) is 0 Å². The van der Waals surface area contributed by atoms with Gasteiger partial charge in [-0.1, -0.05) is 35.5 Å².